The number of esters is 1. The van der Waals surface area contributed by atoms with Crippen LogP contribution in [0, 0.1) is 6.92 Å². The summed E-state index contributed by atoms with van der Waals surface area (Å²) in [6, 6.07) is 7.83. The molecule has 0 N–H and O–H groups in total. The third kappa shape index (κ3) is 4.62. The van der Waals surface area contributed by atoms with Gasteiger partial charge in [-0.15, -0.1) is 11.3 Å². The molecule has 0 aliphatic rings. The summed E-state index contributed by atoms with van der Waals surface area (Å²) in [5.41, 5.74) is 0.849. The van der Waals surface area contributed by atoms with Gasteiger partial charge in [-0.05, 0) is 54.4 Å². The van der Waals surface area contributed by atoms with E-state index in [-0.39, 0.29) is 24.7 Å². The lowest BCUT2D eigenvalue weighted by molar-refractivity contribution is -0.142. The molecule has 3 rings (SSSR count). The number of ether oxygens (including phenoxy) is 2. The van der Waals surface area contributed by atoms with E-state index in [0.29, 0.717) is 17.9 Å². The number of rotatable bonds is 6. The smallest absolute Gasteiger partial charge is 0.433 e. The summed E-state index contributed by atoms with van der Waals surface area (Å²) in [6.45, 7) is 3.75. The van der Waals surface area contributed by atoms with E-state index < -0.39 is 11.9 Å². The van der Waals surface area contributed by atoms with E-state index in [1.54, 1.807) is 13.0 Å². The van der Waals surface area contributed by atoms with Crippen LogP contribution in [0.1, 0.15) is 29.4 Å². The number of carbonyl (C=O) groups excluding carboxylic acids is 1. The van der Waals surface area contributed by atoms with Crippen molar-refractivity contribution in [3.63, 3.8) is 0 Å². The number of alkyl halides is 3. The van der Waals surface area contributed by atoms with Crippen LogP contribution in [0.4, 0.5) is 13.2 Å². The van der Waals surface area contributed by atoms with E-state index in [4.69, 9.17) is 9.47 Å². The lowest BCUT2D eigenvalue weighted by Gasteiger charge is -2.11. The van der Waals surface area contributed by atoms with Gasteiger partial charge in [0.25, 0.3) is 0 Å². The van der Waals surface area contributed by atoms with Crippen LogP contribution in [-0.4, -0.2) is 17.6 Å². The fraction of sp³-hybridized carbons (Fsp3) is 0.300. The molecule has 0 radical (unpaired) electrons. The second kappa shape index (κ2) is 8.18. The van der Waals surface area contributed by atoms with Crippen LogP contribution in [0.3, 0.4) is 0 Å². The van der Waals surface area contributed by atoms with Crippen molar-refractivity contribution in [2.45, 2.75) is 33.1 Å². The predicted octanol–water partition coefficient (Wildman–Crippen LogP) is 5.31. The van der Waals surface area contributed by atoms with Crippen LogP contribution in [0.25, 0.3) is 10.1 Å². The van der Waals surface area contributed by atoms with E-state index in [1.807, 2.05) is 17.5 Å². The Bertz CT molecular complexity index is 998. The van der Waals surface area contributed by atoms with Crippen LogP contribution in [0.2, 0.25) is 0 Å². The Morgan fingerprint density at radius 3 is 2.64 bits per heavy atom. The molecule has 0 aliphatic carbocycles. The van der Waals surface area contributed by atoms with Crippen molar-refractivity contribution < 1.29 is 27.4 Å². The number of benzene rings is 1. The molecule has 0 unspecified atom stereocenters. The number of nitrogens with zero attached hydrogens (tertiary/aromatic N) is 1. The first-order valence-corrected chi connectivity index (χ1v) is 9.48. The second-order valence-corrected chi connectivity index (χ2v) is 7.04. The van der Waals surface area contributed by atoms with E-state index in [0.717, 1.165) is 21.7 Å². The third-order valence-corrected chi connectivity index (χ3v) is 5.14. The van der Waals surface area contributed by atoms with Gasteiger partial charge in [0, 0.05) is 16.0 Å². The number of aromatic nitrogens is 1. The van der Waals surface area contributed by atoms with Gasteiger partial charge in [0.15, 0.2) is 0 Å². The van der Waals surface area contributed by atoms with Crippen LogP contribution in [0.15, 0.2) is 35.7 Å². The molecule has 8 heteroatoms. The van der Waals surface area contributed by atoms with Crippen molar-refractivity contribution in [2.24, 2.45) is 0 Å². The topological polar surface area (TPSA) is 48.4 Å². The Balaban J connectivity index is 1.71. The number of fused-ring (bicyclic) bond motifs is 1. The summed E-state index contributed by atoms with van der Waals surface area (Å²) in [4.78, 5) is 15.3. The van der Waals surface area contributed by atoms with Gasteiger partial charge in [0.05, 0.1) is 13.0 Å². The maximum absolute atomic E-state index is 12.7. The van der Waals surface area contributed by atoms with Crippen LogP contribution >= 0.6 is 11.3 Å². The van der Waals surface area contributed by atoms with Crippen molar-refractivity contribution in [3.05, 3.63) is 58.2 Å². The molecule has 0 amide bonds. The fourth-order valence-electron chi connectivity index (χ4n) is 2.72. The number of thiophene rings is 1. The number of aryl methyl sites for hydroxylation is 1. The molecular formula is C20H18F3NO3S. The largest absolute Gasteiger partial charge is 0.489 e. The third-order valence-electron chi connectivity index (χ3n) is 4.15. The number of halogens is 3. The summed E-state index contributed by atoms with van der Waals surface area (Å²) in [7, 11) is 0. The van der Waals surface area contributed by atoms with Gasteiger partial charge in [0.2, 0.25) is 0 Å². The Kier molecular flexibility index (Phi) is 5.88. The number of hydrogen-bond donors (Lipinski definition) is 0. The molecule has 0 saturated heterocycles. The molecule has 0 fully saturated rings. The van der Waals surface area contributed by atoms with Crippen molar-refractivity contribution >= 4 is 27.4 Å². The Morgan fingerprint density at radius 1 is 1.18 bits per heavy atom. The molecule has 1 aromatic carbocycles. The van der Waals surface area contributed by atoms with Gasteiger partial charge in [-0.2, -0.15) is 13.2 Å². The van der Waals surface area contributed by atoms with Gasteiger partial charge in [-0.25, -0.2) is 4.98 Å². The SMILES string of the molecule is CCOC(=O)Cc1csc2cc(OCc3ccc(C(F)(F)F)nc3C)ccc12. The summed E-state index contributed by atoms with van der Waals surface area (Å²) in [6.07, 6.45) is -4.25. The number of pyridine rings is 1. The van der Waals surface area contributed by atoms with E-state index in [1.165, 1.54) is 24.3 Å². The highest BCUT2D eigenvalue weighted by molar-refractivity contribution is 7.17. The predicted molar refractivity (Wildman–Crippen MR) is 100 cm³/mol. The van der Waals surface area contributed by atoms with Crippen LogP contribution in [0.5, 0.6) is 5.75 Å². The molecule has 0 bridgehead atoms. The summed E-state index contributed by atoms with van der Waals surface area (Å²) >= 11 is 1.49. The molecule has 4 nitrogen and oxygen atoms in total. The minimum absolute atomic E-state index is 0.115. The van der Waals surface area contributed by atoms with E-state index in [9.17, 15) is 18.0 Å². The van der Waals surface area contributed by atoms with Gasteiger partial charge in [-0.3, -0.25) is 4.79 Å². The van der Waals surface area contributed by atoms with Gasteiger partial charge >= 0.3 is 12.1 Å². The molecule has 0 atom stereocenters. The Hall–Kier alpha value is -2.61. The number of carbonyl (C=O) groups is 1. The zero-order chi connectivity index (χ0) is 20.3. The zero-order valence-electron chi connectivity index (χ0n) is 15.3. The monoisotopic (exact) mass is 409 g/mol. The first kappa shape index (κ1) is 20.1. The molecule has 3 aromatic rings. The molecule has 148 valence electrons. The first-order chi connectivity index (χ1) is 13.3. The minimum atomic E-state index is -4.46. The van der Waals surface area contributed by atoms with Gasteiger partial charge in [0.1, 0.15) is 18.1 Å². The first-order valence-electron chi connectivity index (χ1n) is 8.60. The normalized spacial score (nSPS) is 11.6. The summed E-state index contributed by atoms with van der Waals surface area (Å²) < 4.78 is 49.8. The average Bonchev–Trinajstić information content (AvgIpc) is 3.02. The molecule has 28 heavy (non-hydrogen) atoms. The lowest BCUT2D eigenvalue weighted by atomic mass is 10.1. The molecule has 0 aliphatic heterocycles. The quantitative estimate of drug-likeness (QED) is 0.518. The Morgan fingerprint density at radius 2 is 1.96 bits per heavy atom. The number of hydrogen-bond acceptors (Lipinski definition) is 5. The second-order valence-electron chi connectivity index (χ2n) is 6.13. The van der Waals surface area contributed by atoms with Crippen LogP contribution in [-0.2, 0) is 28.7 Å². The highest BCUT2D eigenvalue weighted by Gasteiger charge is 2.32. The van der Waals surface area contributed by atoms with Gasteiger partial charge in [-0.1, -0.05) is 6.07 Å². The molecule has 0 spiro atoms. The van der Waals surface area contributed by atoms with Gasteiger partial charge < -0.3 is 9.47 Å². The van der Waals surface area contributed by atoms with Crippen molar-refractivity contribution in [2.75, 3.05) is 6.61 Å². The standard InChI is InChI=1S/C20H18F3NO3S/c1-3-26-19(25)8-14-11-28-17-9-15(5-6-16(14)17)27-10-13-4-7-18(20(21,22)23)24-12(13)2/h4-7,9,11H,3,8,10H2,1-2H3. The molecule has 0 saturated carbocycles. The van der Waals surface area contributed by atoms with Crippen molar-refractivity contribution in [1.29, 1.82) is 0 Å². The maximum Gasteiger partial charge on any atom is 0.433 e. The lowest BCUT2D eigenvalue weighted by Crippen LogP contribution is -2.10. The van der Waals surface area contributed by atoms with Crippen molar-refractivity contribution in [1.82, 2.24) is 4.98 Å². The van der Waals surface area contributed by atoms with Crippen molar-refractivity contribution in [3.8, 4) is 5.75 Å². The molecular weight excluding hydrogens is 391 g/mol. The highest BCUT2D eigenvalue weighted by Crippen LogP contribution is 2.31. The van der Waals surface area contributed by atoms with E-state index >= 15 is 0 Å². The summed E-state index contributed by atoms with van der Waals surface area (Å²) in [5.74, 6) is 0.323. The van der Waals surface area contributed by atoms with E-state index in [2.05, 4.69) is 4.98 Å². The fourth-order valence-corrected chi connectivity index (χ4v) is 3.71. The maximum atomic E-state index is 12.7. The highest BCUT2D eigenvalue weighted by atomic mass is 32.1. The van der Waals surface area contributed by atoms with Crippen LogP contribution < -0.4 is 4.74 Å². The molecule has 2 aromatic heterocycles. The zero-order valence-corrected chi connectivity index (χ0v) is 16.1. The minimum Gasteiger partial charge on any atom is -0.489 e. The Labute approximate surface area is 163 Å². The average molecular weight is 409 g/mol. The summed E-state index contributed by atoms with van der Waals surface area (Å²) in [5, 5.41) is 2.87. The molecule has 2 heterocycles.